The fraction of sp³-hybridized carbons (Fsp3) is 0.722. The number of amides is 1. The number of nitrogens with zero attached hydrogens (tertiary/aromatic N) is 4. The molecule has 4 fully saturated rings. The number of carbonyl (C=O) groups is 1. The lowest BCUT2D eigenvalue weighted by Crippen LogP contribution is -2.61. The van der Waals surface area contributed by atoms with Crippen molar-refractivity contribution in [3.63, 3.8) is 0 Å². The lowest BCUT2D eigenvalue weighted by molar-refractivity contribution is -0.0743. The molecule has 4 aliphatic rings. The third kappa shape index (κ3) is 2.36. The van der Waals surface area contributed by atoms with Crippen LogP contribution in [-0.2, 0) is 7.05 Å². The highest BCUT2D eigenvalue weighted by Crippen LogP contribution is 2.58. The van der Waals surface area contributed by atoms with Gasteiger partial charge in [0.15, 0.2) is 0 Å². The molecular formula is C18H24N4O. The van der Waals surface area contributed by atoms with Gasteiger partial charge in [0.1, 0.15) is 5.69 Å². The Labute approximate surface area is 137 Å². The fourth-order valence-corrected chi connectivity index (χ4v) is 5.83. The second kappa shape index (κ2) is 5.36. The molecule has 4 bridgehead atoms. The van der Waals surface area contributed by atoms with Crippen LogP contribution >= 0.6 is 0 Å². The molecule has 1 aromatic heterocycles. The number of aryl methyl sites for hydroxylation is 1. The molecule has 4 aliphatic carbocycles. The van der Waals surface area contributed by atoms with Gasteiger partial charge in [-0.3, -0.25) is 9.48 Å². The van der Waals surface area contributed by atoms with Gasteiger partial charge in [0.2, 0.25) is 0 Å². The molecule has 0 unspecified atom stereocenters. The lowest BCUT2D eigenvalue weighted by atomic mass is 9.52. The van der Waals surface area contributed by atoms with Crippen molar-refractivity contribution in [1.82, 2.24) is 14.7 Å². The quantitative estimate of drug-likeness (QED) is 0.859. The zero-order valence-electron chi connectivity index (χ0n) is 13.7. The molecule has 1 aromatic rings. The van der Waals surface area contributed by atoms with Crippen LogP contribution in [0.15, 0.2) is 12.3 Å². The summed E-state index contributed by atoms with van der Waals surface area (Å²) in [5.74, 6) is 2.41. The predicted octanol–water partition coefficient (Wildman–Crippen LogP) is 2.74. The molecule has 5 heteroatoms. The van der Waals surface area contributed by atoms with Crippen LogP contribution in [0.5, 0.6) is 0 Å². The van der Waals surface area contributed by atoms with E-state index in [2.05, 4.69) is 16.1 Å². The van der Waals surface area contributed by atoms with E-state index in [0.717, 1.165) is 37.0 Å². The van der Waals surface area contributed by atoms with Gasteiger partial charge in [0, 0.05) is 25.3 Å². The first-order chi connectivity index (χ1) is 11.1. The Hall–Kier alpha value is -1.83. The Morgan fingerprint density at radius 1 is 1.35 bits per heavy atom. The predicted molar refractivity (Wildman–Crippen MR) is 85.4 cm³/mol. The van der Waals surface area contributed by atoms with Gasteiger partial charge in [-0.15, -0.1) is 0 Å². The van der Waals surface area contributed by atoms with Crippen molar-refractivity contribution in [1.29, 1.82) is 5.26 Å². The molecule has 0 aromatic carbocycles. The highest BCUT2D eigenvalue weighted by atomic mass is 16.2. The zero-order valence-corrected chi connectivity index (χ0v) is 13.7. The maximum atomic E-state index is 13.2. The van der Waals surface area contributed by atoms with Crippen molar-refractivity contribution < 1.29 is 4.79 Å². The van der Waals surface area contributed by atoms with Crippen LogP contribution < -0.4 is 0 Å². The second-order valence-electron chi connectivity index (χ2n) is 7.85. The Morgan fingerprint density at radius 2 is 1.96 bits per heavy atom. The van der Waals surface area contributed by atoms with Gasteiger partial charge in [-0.25, -0.2) is 0 Å². The van der Waals surface area contributed by atoms with Gasteiger partial charge in [-0.1, -0.05) is 0 Å². The number of carbonyl (C=O) groups excluding carboxylic acids is 1. The molecular weight excluding hydrogens is 288 g/mol. The Balaban J connectivity index is 1.67. The Morgan fingerprint density at radius 3 is 2.43 bits per heavy atom. The molecule has 23 heavy (non-hydrogen) atoms. The summed E-state index contributed by atoms with van der Waals surface area (Å²) in [6.45, 7) is 0.548. The smallest absolute Gasteiger partial charge is 0.272 e. The van der Waals surface area contributed by atoms with Crippen molar-refractivity contribution >= 4 is 5.91 Å². The molecule has 5 rings (SSSR count). The highest BCUT2D eigenvalue weighted by Gasteiger charge is 2.54. The first-order valence-electron chi connectivity index (χ1n) is 8.78. The summed E-state index contributed by atoms with van der Waals surface area (Å²) < 4.78 is 1.65. The number of hydrogen-bond acceptors (Lipinski definition) is 3. The van der Waals surface area contributed by atoms with E-state index in [9.17, 15) is 4.79 Å². The maximum Gasteiger partial charge on any atom is 0.272 e. The first-order valence-corrected chi connectivity index (χ1v) is 8.78. The van der Waals surface area contributed by atoms with Gasteiger partial charge in [-0.05, 0) is 62.3 Å². The molecule has 0 aliphatic heterocycles. The Kier molecular flexibility index (Phi) is 3.44. The van der Waals surface area contributed by atoms with Gasteiger partial charge in [0.25, 0.3) is 5.91 Å². The number of rotatable bonds is 4. The van der Waals surface area contributed by atoms with Gasteiger partial charge >= 0.3 is 0 Å². The minimum absolute atomic E-state index is 0.00699. The van der Waals surface area contributed by atoms with Crippen molar-refractivity contribution in [2.45, 2.75) is 50.5 Å². The summed E-state index contributed by atoms with van der Waals surface area (Å²) in [6.07, 6.45) is 9.54. The normalized spacial score (nSPS) is 34.3. The molecule has 0 saturated heterocycles. The van der Waals surface area contributed by atoms with Gasteiger partial charge < -0.3 is 4.90 Å². The van der Waals surface area contributed by atoms with E-state index in [-0.39, 0.29) is 11.4 Å². The molecule has 0 N–H and O–H groups in total. The third-order valence-electron chi connectivity index (χ3n) is 6.31. The van der Waals surface area contributed by atoms with Crippen LogP contribution in [0.25, 0.3) is 0 Å². The SMILES string of the molecule is Cn1nccc1C(=O)N(CCC#N)C12CC3CC(CC(C3)C1)C2. The van der Waals surface area contributed by atoms with Crippen LogP contribution in [-0.4, -0.2) is 32.7 Å². The van der Waals surface area contributed by atoms with Gasteiger partial charge in [0.05, 0.1) is 12.5 Å². The van der Waals surface area contributed by atoms with E-state index in [1.165, 1.54) is 19.3 Å². The monoisotopic (exact) mass is 312 g/mol. The van der Waals surface area contributed by atoms with E-state index in [4.69, 9.17) is 5.26 Å². The molecule has 0 radical (unpaired) electrons. The maximum absolute atomic E-state index is 13.2. The fourth-order valence-electron chi connectivity index (χ4n) is 5.83. The summed E-state index contributed by atoms with van der Waals surface area (Å²) in [4.78, 5) is 15.3. The van der Waals surface area contributed by atoms with Crippen LogP contribution in [0.2, 0.25) is 0 Å². The molecule has 1 heterocycles. The molecule has 5 nitrogen and oxygen atoms in total. The van der Waals surface area contributed by atoms with E-state index >= 15 is 0 Å². The minimum atomic E-state index is -0.00699. The van der Waals surface area contributed by atoms with Crippen LogP contribution in [0.3, 0.4) is 0 Å². The summed E-state index contributed by atoms with van der Waals surface area (Å²) in [6, 6.07) is 4.02. The van der Waals surface area contributed by atoms with E-state index in [1.54, 1.807) is 16.9 Å². The van der Waals surface area contributed by atoms with E-state index < -0.39 is 0 Å². The second-order valence-corrected chi connectivity index (χ2v) is 7.85. The Bertz CT molecular complexity index is 621. The molecule has 0 spiro atoms. The van der Waals surface area contributed by atoms with Crippen LogP contribution in [0.4, 0.5) is 0 Å². The van der Waals surface area contributed by atoms with Crippen LogP contribution in [0.1, 0.15) is 55.4 Å². The topological polar surface area (TPSA) is 61.9 Å². The average molecular weight is 312 g/mol. The van der Waals surface area contributed by atoms with Crippen molar-refractivity contribution in [3.05, 3.63) is 18.0 Å². The zero-order chi connectivity index (χ0) is 16.0. The summed E-state index contributed by atoms with van der Waals surface area (Å²) >= 11 is 0. The first kappa shape index (κ1) is 14.7. The summed E-state index contributed by atoms with van der Waals surface area (Å²) in [5.41, 5.74) is 0.631. The number of hydrogen-bond donors (Lipinski definition) is 0. The standard InChI is InChI=1S/C18H24N4O/c1-21-16(3-5-20-21)17(23)22(6-2-4-19)18-10-13-7-14(11-18)9-15(8-13)12-18/h3,5,13-15H,2,6-12H2,1H3. The van der Waals surface area contributed by atoms with Crippen molar-refractivity contribution in [2.75, 3.05) is 6.54 Å². The highest BCUT2D eigenvalue weighted by molar-refractivity contribution is 5.93. The number of aromatic nitrogens is 2. The van der Waals surface area contributed by atoms with Gasteiger partial charge in [-0.2, -0.15) is 10.4 Å². The largest absolute Gasteiger partial charge is 0.331 e. The van der Waals surface area contributed by atoms with Crippen molar-refractivity contribution in [2.24, 2.45) is 24.8 Å². The summed E-state index contributed by atoms with van der Waals surface area (Å²) in [5, 5.41) is 13.2. The molecule has 122 valence electrons. The molecule has 0 atom stereocenters. The number of nitriles is 1. The minimum Gasteiger partial charge on any atom is -0.331 e. The third-order valence-corrected chi connectivity index (χ3v) is 6.31. The van der Waals surface area contributed by atoms with Crippen molar-refractivity contribution in [3.8, 4) is 6.07 Å². The lowest BCUT2D eigenvalue weighted by Gasteiger charge is -2.60. The van der Waals surface area contributed by atoms with E-state index in [1.807, 2.05) is 7.05 Å². The summed E-state index contributed by atoms with van der Waals surface area (Å²) in [7, 11) is 1.81. The molecule has 1 amide bonds. The van der Waals surface area contributed by atoms with E-state index in [0.29, 0.717) is 18.7 Å². The molecule has 4 saturated carbocycles. The van der Waals surface area contributed by atoms with Crippen LogP contribution in [0, 0.1) is 29.1 Å². The average Bonchev–Trinajstić information content (AvgIpc) is 2.92.